The Morgan fingerprint density at radius 2 is 2.09 bits per heavy atom. The standard InChI is InChI=1S/C14H17ClN2O5S/c1-17(10-5-6-23(20,21)8-10)14(19)13(18)16-9-3-4-12(22-2)11(15)7-9/h3-4,7,10H,5-6,8H2,1-2H3,(H,16,18). The Balaban J connectivity index is 2.02. The van der Waals surface area contributed by atoms with Crippen molar-refractivity contribution in [2.24, 2.45) is 0 Å². The molecule has 2 rings (SSSR count). The van der Waals surface area contributed by atoms with Gasteiger partial charge in [-0.2, -0.15) is 0 Å². The number of methoxy groups -OCH3 is 1. The number of sulfone groups is 1. The molecule has 1 aromatic carbocycles. The van der Waals surface area contributed by atoms with E-state index in [1.807, 2.05) is 0 Å². The molecule has 1 aliphatic rings. The molecule has 1 aromatic rings. The van der Waals surface area contributed by atoms with Crippen molar-refractivity contribution in [3.63, 3.8) is 0 Å². The predicted molar refractivity (Wildman–Crippen MR) is 86.5 cm³/mol. The minimum Gasteiger partial charge on any atom is -0.495 e. The van der Waals surface area contributed by atoms with Crippen LogP contribution < -0.4 is 10.1 Å². The Labute approximate surface area is 139 Å². The van der Waals surface area contributed by atoms with Gasteiger partial charge in [-0.05, 0) is 24.6 Å². The molecule has 1 N–H and O–H groups in total. The second-order valence-corrected chi connectivity index (χ2v) is 7.91. The third-order valence-electron chi connectivity index (χ3n) is 3.68. The van der Waals surface area contributed by atoms with Crippen LogP contribution in [0.4, 0.5) is 5.69 Å². The second-order valence-electron chi connectivity index (χ2n) is 5.28. The van der Waals surface area contributed by atoms with E-state index in [2.05, 4.69) is 5.32 Å². The van der Waals surface area contributed by atoms with Crippen LogP contribution in [0, 0.1) is 0 Å². The highest BCUT2D eigenvalue weighted by Crippen LogP contribution is 2.27. The minimum absolute atomic E-state index is 0.0327. The number of benzene rings is 1. The first kappa shape index (κ1) is 17.6. The Hall–Kier alpha value is -1.80. The van der Waals surface area contributed by atoms with Gasteiger partial charge in [0.05, 0.1) is 23.6 Å². The van der Waals surface area contributed by atoms with E-state index in [1.54, 1.807) is 12.1 Å². The van der Waals surface area contributed by atoms with E-state index in [0.717, 1.165) is 0 Å². The minimum atomic E-state index is -3.13. The van der Waals surface area contributed by atoms with Crippen LogP contribution in [0.2, 0.25) is 5.02 Å². The van der Waals surface area contributed by atoms with Crippen LogP contribution in [0.25, 0.3) is 0 Å². The number of nitrogens with zero attached hydrogens (tertiary/aromatic N) is 1. The zero-order valence-electron chi connectivity index (χ0n) is 12.7. The van der Waals surface area contributed by atoms with Gasteiger partial charge in [-0.3, -0.25) is 9.59 Å². The normalized spacial score (nSPS) is 19.2. The number of carbonyl (C=O) groups is 2. The van der Waals surface area contributed by atoms with Gasteiger partial charge in [0.1, 0.15) is 5.75 Å². The number of halogens is 1. The third kappa shape index (κ3) is 4.14. The Bertz CT molecular complexity index is 735. The molecule has 0 aliphatic carbocycles. The maximum absolute atomic E-state index is 12.1. The topological polar surface area (TPSA) is 92.8 Å². The first-order valence-corrected chi connectivity index (χ1v) is 9.05. The molecule has 1 atom stereocenters. The monoisotopic (exact) mass is 360 g/mol. The van der Waals surface area contributed by atoms with E-state index in [1.165, 1.54) is 25.1 Å². The van der Waals surface area contributed by atoms with Gasteiger partial charge in [0.2, 0.25) is 0 Å². The summed E-state index contributed by atoms with van der Waals surface area (Å²) in [6.07, 6.45) is 0.340. The number of anilines is 1. The van der Waals surface area contributed by atoms with E-state index in [-0.39, 0.29) is 11.5 Å². The highest BCUT2D eigenvalue weighted by molar-refractivity contribution is 7.91. The SMILES string of the molecule is COc1ccc(NC(=O)C(=O)N(C)C2CCS(=O)(=O)C2)cc1Cl. The van der Waals surface area contributed by atoms with Crippen LogP contribution in [0.1, 0.15) is 6.42 Å². The molecule has 0 bridgehead atoms. The average Bonchev–Trinajstić information content (AvgIpc) is 2.86. The van der Waals surface area contributed by atoms with E-state index < -0.39 is 27.7 Å². The molecule has 0 spiro atoms. The summed E-state index contributed by atoms with van der Waals surface area (Å²) in [7, 11) is -0.238. The van der Waals surface area contributed by atoms with Crippen molar-refractivity contribution in [3.8, 4) is 5.75 Å². The summed E-state index contributed by atoms with van der Waals surface area (Å²) >= 11 is 5.95. The number of hydrogen-bond acceptors (Lipinski definition) is 5. The summed E-state index contributed by atoms with van der Waals surface area (Å²) in [4.78, 5) is 25.3. The number of rotatable bonds is 3. The lowest BCUT2D eigenvalue weighted by Gasteiger charge is -2.22. The first-order valence-electron chi connectivity index (χ1n) is 6.85. The van der Waals surface area contributed by atoms with Crippen LogP contribution in [-0.4, -0.2) is 56.8 Å². The van der Waals surface area contributed by atoms with Crippen molar-refractivity contribution < 1.29 is 22.7 Å². The fourth-order valence-electron chi connectivity index (χ4n) is 2.34. The molecule has 1 fully saturated rings. The van der Waals surface area contributed by atoms with E-state index in [4.69, 9.17) is 16.3 Å². The Morgan fingerprint density at radius 1 is 1.39 bits per heavy atom. The van der Waals surface area contributed by atoms with Crippen molar-refractivity contribution >= 4 is 38.9 Å². The molecule has 1 unspecified atom stereocenters. The molecular weight excluding hydrogens is 344 g/mol. The van der Waals surface area contributed by atoms with Gasteiger partial charge in [-0.25, -0.2) is 8.42 Å². The molecule has 1 saturated heterocycles. The highest BCUT2D eigenvalue weighted by Gasteiger charge is 2.34. The van der Waals surface area contributed by atoms with Crippen LogP contribution >= 0.6 is 11.6 Å². The van der Waals surface area contributed by atoms with Gasteiger partial charge in [-0.1, -0.05) is 11.6 Å². The van der Waals surface area contributed by atoms with Crippen molar-refractivity contribution in [1.82, 2.24) is 4.90 Å². The fraction of sp³-hybridized carbons (Fsp3) is 0.429. The fourth-order valence-corrected chi connectivity index (χ4v) is 4.37. The molecule has 2 amide bonds. The van der Waals surface area contributed by atoms with Crippen molar-refractivity contribution in [3.05, 3.63) is 23.2 Å². The number of nitrogens with one attached hydrogen (secondary N) is 1. The first-order chi connectivity index (χ1) is 10.7. The quantitative estimate of drug-likeness (QED) is 0.809. The number of carbonyl (C=O) groups excluding carboxylic acids is 2. The molecule has 0 radical (unpaired) electrons. The van der Waals surface area contributed by atoms with Gasteiger partial charge >= 0.3 is 11.8 Å². The lowest BCUT2D eigenvalue weighted by molar-refractivity contribution is -0.143. The van der Waals surface area contributed by atoms with Crippen LogP contribution in [0.5, 0.6) is 5.75 Å². The average molecular weight is 361 g/mol. The lowest BCUT2D eigenvalue weighted by Crippen LogP contribution is -2.43. The summed E-state index contributed by atoms with van der Waals surface area (Å²) in [5.41, 5.74) is 0.349. The van der Waals surface area contributed by atoms with Gasteiger partial charge < -0.3 is 15.0 Å². The van der Waals surface area contributed by atoms with E-state index in [0.29, 0.717) is 22.9 Å². The zero-order valence-corrected chi connectivity index (χ0v) is 14.3. The Morgan fingerprint density at radius 3 is 2.61 bits per heavy atom. The number of hydrogen-bond donors (Lipinski definition) is 1. The largest absolute Gasteiger partial charge is 0.495 e. The molecule has 9 heteroatoms. The summed E-state index contributed by atoms with van der Waals surface area (Å²) in [6, 6.07) is 4.11. The molecular formula is C14H17ClN2O5S. The second kappa shape index (κ2) is 6.76. The summed E-state index contributed by atoms with van der Waals surface area (Å²) in [6.45, 7) is 0. The number of ether oxygens (including phenoxy) is 1. The molecule has 1 aliphatic heterocycles. The molecule has 126 valence electrons. The van der Waals surface area contributed by atoms with Gasteiger partial charge in [0.25, 0.3) is 0 Å². The van der Waals surface area contributed by atoms with Crippen LogP contribution in [0.3, 0.4) is 0 Å². The van der Waals surface area contributed by atoms with E-state index >= 15 is 0 Å². The highest BCUT2D eigenvalue weighted by atomic mass is 35.5. The zero-order chi connectivity index (χ0) is 17.2. The van der Waals surface area contributed by atoms with Gasteiger partial charge in [-0.15, -0.1) is 0 Å². The Kier molecular flexibility index (Phi) is 5.16. The van der Waals surface area contributed by atoms with Gasteiger partial charge in [0.15, 0.2) is 9.84 Å². The van der Waals surface area contributed by atoms with Crippen LogP contribution in [0.15, 0.2) is 18.2 Å². The predicted octanol–water partition coefficient (Wildman–Crippen LogP) is 0.933. The lowest BCUT2D eigenvalue weighted by atomic mass is 10.2. The maximum Gasteiger partial charge on any atom is 0.313 e. The summed E-state index contributed by atoms with van der Waals surface area (Å²) in [5.74, 6) is -1.27. The van der Waals surface area contributed by atoms with Crippen molar-refractivity contribution in [2.45, 2.75) is 12.5 Å². The summed E-state index contributed by atoms with van der Waals surface area (Å²) in [5, 5.41) is 2.74. The molecule has 7 nitrogen and oxygen atoms in total. The summed E-state index contributed by atoms with van der Waals surface area (Å²) < 4.78 is 27.9. The van der Waals surface area contributed by atoms with Crippen LogP contribution in [-0.2, 0) is 19.4 Å². The smallest absolute Gasteiger partial charge is 0.313 e. The van der Waals surface area contributed by atoms with Crippen molar-refractivity contribution in [2.75, 3.05) is 31.0 Å². The molecule has 1 heterocycles. The van der Waals surface area contributed by atoms with Crippen molar-refractivity contribution in [1.29, 1.82) is 0 Å². The maximum atomic E-state index is 12.1. The molecule has 0 saturated carbocycles. The number of amides is 2. The molecule has 23 heavy (non-hydrogen) atoms. The van der Waals surface area contributed by atoms with E-state index in [9.17, 15) is 18.0 Å². The number of likely N-dealkylation sites (N-methyl/N-ethyl adjacent to an activating group) is 1. The third-order valence-corrected chi connectivity index (χ3v) is 5.73. The molecule has 0 aromatic heterocycles. The van der Waals surface area contributed by atoms with Gasteiger partial charge in [0, 0.05) is 18.8 Å².